The average molecular weight is 465 g/mol. The highest BCUT2D eigenvalue weighted by Gasteiger charge is 2.43. The van der Waals surface area contributed by atoms with Crippen LogP contribution in [-0.4, -0.2) is 45.2 Å². The highest BCUT2D eigenvalue weighted by Crippen LogP contribution is 2.36. The first-order chi connectivity index (χ1) is 15.9. The lowest BCUT2D eigenvalue weighted by Crippen LogP contribution is -2.46. The van der Waals surface area contributed by atoms with Crippen molar-refractivity contribution in [1.29, 1.82) is 0 Å². The van der Waals surface area contributed by atoms with E-state index in [1.807, 2.05) is 49.4 Å². The van der Waals surface area contributed by atoms with Crippen LogP contribution in [-0.2, 0) is 16.1 Å². The van der Waals surface area contributed by atoms with Crippen LogP contribution in [0.4, 0.5) is 4.79 Å². The van der Waals surface area contributed by atoms with Crippen molar-refractivity contribution >= 4 is 40.3 Å². The molecule has 1 saturated heterocycles. The van der Waals surface area contributed by atoms with E-state index in [2.05, 4.69) is 10.3 Å². The van der Waals surface area contributed by atoms with Gasteiger partial charge >= 0.3 is 6.03 Å². The van der Waals surface area contributed by atoms with Gasteiger partial charge in [-0.2, -0.15) is 0 Å². The number of imide groups is 1. The van der Waals surface area contributed by atoms with E-state index in [4.69, 9.17) is 11.6 Å². The number of fused-ring (bicyclic) bond motifs is 1. The summed E-state index contributed by atoms with van der Waals surface area (Å²) in [5, 5.41) is 3.91. The van der Waals surface area contributed by atoms with Crippen molar-refractivity contribution < 1.29 is 14.4 Å². The molecule has 1 aromatic heterocycles. The minimum Gasteiger partial charge on any atom is -0.361 e. The smallest absolute Gasteiger partial charge is 0.325 e. The van der Waals surface area contributed by atoms with Gasteiger partial charge in [0.15, 0.2) is 0 Å². The molecule has 0 bridgehead atoms. The predicted octanol–water partition coefficient (Wildman–Crippen LogP) is 4.24. The number of halogens is 1. The van der Waals surface area contributed by atoms with Crippen LogP contribution in [0, 0.1) is 5.92 Å². The Morgan fingerprint density at radius 3 is 2.64 bits per heavy atom. The molecule has 2 aliphatic rings. The molecule has 5 rings (SSSR count). The molecule has 1 aliphatic carbocycles. The lowest BCUT2D eigenvalue weighted by atomic mass is 10.1. The van der Waals surface area contributed by atoms with Crippen molar-refractivity contribution in [3.63, 3.8) is 0 Å². The maximum atomic E-state index is 13.4. The molecule has 2 unspecified atom stereocenters. The third-order valence-electron chi connectivity index (χ3n) is 6.63. The van der Waals surface area contributed by atoms with Crippen LogP contribution in [0.15, 0.2) is 54.7 Å². The minimum absolute atomic E-state index is 0.0432. The lowest BCUT2D eigenvalue weighted by molar-refractivity contribution is -0.139. The lowest BCUT2D eigenvalue weighted by Gasteiger charge is -2.30. The summed E-state index contributed by atoms with van der Waals surface area (Å²) in [4.78, 5) is 45.2. The maximum absolute atomic E-state index is 13.4. The van der Waals surface area contributed by atoms with Gasteiger partial charge in [-0.05, 0) is 43.4 Å². The van der Waals surface area contributed by atoms with Crippen molar-refractivity contribution in [2.24, 2.45) is 5.92 Å². The number of nitrogens with one attached hydrogen (secondary N) is 2. The number of hydrogen-bond acceptors (Lipinski definition) is 3. The zero-order valence-electron chi connectivity index (χ0n) is 18.3. The first-order valence-electron chi connectivity index (χ1n) is 11.1. The molecule has 1 aliphatic heterocycles. The molecule has 0 radical (unpaired) electrons. The SMILES string of the molecule is CC(C1CC1)N(Cc1ccccc1)C(=O)CN1C(=O)NC(c2c[nH]c3cccc(Cl)c23)C1=O. The van der Waals surface area contributed by atoms with Gasteiger partial charge in [-0.3, -0.25) is 14.5 Å². The Balaban J connectivity index is 1.36. The fourth-order valence-corrected chi connectivity index (χ4v) is 4.85. The number of carbonyl (C=O) groups is 3. The summed E-state index contributed by atoms with van der Waals surface area (Å²) in [6.45, 7) is 2.20. The molecule has 1 saturated carbocycles. The van der Waals surface area contributed by atoms with Gasteiger partial charge in [0.2, 0.25) is 5.91 Å². The van der Waals surface area contributed by atoms with Crippen LogP contribution in [0.25, 0.3) is 10.9 Å². The van der Waals surface area contributed by atoms with E-state index < -0.39 is 18.0 Å². The van der Waals surface area contributed by atoms with Crippen LogP contribution in [0.5, 0.6) is 0 Å². The molecular weight excluding hydrogens is 440 g/mol. The predicted molar refractivity (Wildman–Crippen MR) is 125 cm³/mol. The summed E-state index contributed by atoms with van der Waals surface area (Å²) in [7, 11) is 0. The molecule has 2 aromatic carbocycles. The maximum Gasteiger partial charge on any atom is 0.325 e. The molecule has 2 atom stereocenters. The van der Waals surface area contributed by atoms with Crippen molar-refractivity contribution in [2.45, 2.75) is 38.4 Å². The Morgan fingerprint density at radius 1 is 1.15 bits per heavy atom. The number of carbonyl (C=O) groups excluding carboxylic acids is 3. The highest BCUT2D eigenvalue weighted by molar-refractivity contribution is 6.36. The fourth-order valence-electron chi connectivity index (χ4n) is 4.57. The van der Waals surface area contributed by atoms with Crippen molar-refractivity contribution in [2.75, 3.05) is 6.54 Å². The third kappa shape index (κ3) is 4.09. The molecule has 2 fully saturated rings. The normalized spacial score (nSPS) is 19.1. The second kappa shape index (κ2) is 8.56. The number of urea groups is 1. The number of aromatic nitrogens is 1. The van der Waals surface area contributed by atoms with E-state index >= 15 is 0 Å². The standard InChI is InChI=1S/C25H25ClN4O3/c1-15(17-10-11-17)29(13-16-6-3-2-4-7-16)21(31)14-30-24(32)23(28-25(30)33)18-12-27-20-9-5-8-19(26)22(18)20/h2-9,12,15,17,23,27H,10-11,13-14H2,1H3,(H,28,33). The monoisotopic (exact) mass is 464 g/mol. The molecule has 33 heavy (non-hydrogen) atoms. The topological polar surface area (TPSA) is 85.5 Å². The average Bonchev–Trinajstić information content (AvgIpc) is 3.52. The number of aromatic amines is 1. The van der Waals surface area contributed by atoms with Gasteiger partial charge in [-0.1, -0.05) is 48.0 Å². The van der Waals surface area contributed by atoms with Gasteiger partial charge < -0.3 is 15.2 Å². The Kier molecular flexibility index (Phi) is 5.58. The molecule has 8 heteroatoms. The van der Waals surface area contributed by atoms with Crippen LogP contribution < -0.4 is 5.32 Å². The summed E-state index contributed by atoms with van der Waals surface area (Å²) in [6, 6.07) is 13.8. The zero-order valence-corrected chi connectivity index (χ0v) is 19.0. The largest absolute Gasteiger partial charge is 0.361 e. The first kappa shape index (κ1) is 21.5. The summed E-state index contributed by atoms with van der Waals surface area (Å²) >= 11 is 6.36. The van der Waals surface area contributed by atoms with Crippen LogP contribution >= 0.6 is 11.6 Å². The van der Waals surface area contributed by atoms with E-state index in [0.29, 0.717) is 28.4 Å². The molecule has 2 N–H and O–H groups in total. The molecular formula is C25H25ClN4O3. The van der Waals surface area contributed by atoms with Gasteiger partial charge in [0.05, 0.1) is 5.02 Å². The number of H-pyrrole nitrogens is 1. The van der Waals surface area contributed by atoms with Crippen molar-refractivity contribution in [1.82, 2.24) is 20.1 Å². The summed E-state index contributed by atoms with van der Waals surface area (Å²) in [6.07, 6.45) is 3.86. The van der Waals surface area contributed by atoms with Crippen LogP contribution in [0.3, 0.4) is 0 Å². The van der Waals surface area contributed by atoms with Gasteiger partial charge in [0.1, 0.15) is 12.6 Å². The fraction of sp³-hybridized carbons (Fsp3) is 0.320. The summed E-state index contributed by atoms with van der Waals surface area (Å²) in [5.41, 5.74) is 2.39. The van der Waals surface area contributed by atoms with Crippen molar-refractivity contribution in [3.05, 3.63) is 70.9 Å². The number of amides is 4. The Hall–Kier alpha value is -3.32. The van der Waals surface area contributed by atoms with Gasteiger partial charge in [-0.15, -0.1) is 0 Å². The Morgan fingerprint density at radius 2 is 1.91 bits per heavy atom. The number of nitrogens with zero attached hydrogens (tertiary/aromatic N) is 2. The number of rotatable bonds is 7. The molecule has 170 valence electrons. The first-order valence-corrected chi connectivity index (χ1v) is 11.5. The van der Waals surface area contributed by atoms with Crippen LogP contribution in [0.1, 0.15) is 36.9 Å². The third-order valence-corrected chi connectivity index (χ3v) is 6.94. The van der Waals surface area contributed by atoms with Gasteiger partial charge in [0.25, 0.3) is 5.91 Å². The zero-order chi connectivity index (χ0) is 23.1. The quantitative estimate of drug-likeness (QED) is 0.513. The second-order valence-corrected chi connectivity index (χ2v) is 9.21. The highest BCUT2D eigenvalue weighted by atomic mass is 35.5. The number of hydrogen-bond donors (Lipinski definition) is 2. The molecule has 2 heterocycles. The Bertz CT molecular complexity index is 1220. The van der Waals surface area contributed by atoms with E-state index in [-0.39, 0.29) is 18.5 Å². The molecule has 3 aromatic rings. The van der Waals surface area contributed by atoms with E-state index in [0.717, 1.165) is 28.8 Å². The molecule has 4 amide bonds. The van der Waals surface area contributed by atoms with E-state index in [1.54, 1.807) is 17.2 Å². The summed E-state index contributed by atoms with van der Waals surface area (Å²) < 4.78 is 0. The number of benzene rings is 2. The van der Waals surface area contributed by atoms with Gasteiger partial charge in [-0.25, -0.2) is 4.79 Å². The molecule has 7 nitrogen and oxygen atoms in total. The van der Waals surface area contributed by atoms with Crippen molar-refractivity contribution in [3.8, 4) is 0 Å². The van der Waals surface area contributed by atoms with Gasteiger partial charge in [0, 0.05) is 35.2 Å². The second-order valence-electron chi connectivity index (χ2n) is 8.80. The molecule has 0 spiro atoms. The van der Waals surface area contributed by atoms with E-state index in [1.165, 1.54) is 0 Å². The van der Waals surface area contributed by atoms with E-state index in [9.17, 15) is 14.4 Å². The Labute approximate surface area is 196 Å². The minimum atomic E-state index is -0.887. The van der Waals surface area contributed by atoms with Crippen LogP contribution in [0.2, 0.25) is 5.02 Å². The summed E-state index contributed by atoms with van der Waals surface area (Å²) in [5.74, 6) is -0.228.